The number of nitrogens with zero attached hydrogens (tertiary/aromatic N) is 2. The van der Waals surface area contributed by atoms with E-state index in [1.165, 1.54) is 6.21 Å². The summed E-state index contributed by atoms with van der Waals surface area (Å²) in [5, 5.41) is 16.8. The van der Waals surface area contributed by atoms with Crippen molar-refractivity contribution in [3.8, 4) is 0 Å². The van der Waals surface area contributed by atoms with Crippen molar-refractivity contribution in [3.05, 3.63) is 53.2 Å². The van der Waals surface area contributed by atoms with Crippen LogP contribution in [0.5, 0.6) is 0 Å². The summed E-state index contributed by atoms with van der Waals surface area (Å²) in [4.78, 5) is 17.8. The Morgan fingerprint density at radius 3 is 2.57 bits per heavy atom. The largest absolute Gasteiger partial charge is 0.386 e. The Hall–Kier alpha value is -2.93. The van der Waals surface area contributed by atoms with Crippen LogP contribution in [0, 0.1) is 5.41 Å². The third kappa shape index (κ3) is 5.79. The molecule has 28 heavy (non-hydrogen) atoms. The summed E-state index contributed by atoms with van der Waals surface area (Å²) >= 11 is 0. The van der Waals surface area contributed by atoms with E-state index in [1.54, 1.807) is 0 Å². The van der Waals surface area contributed by atoms with E-state index in [9.17, 15) is 4.79 Å². The predicted molar refractivity (Wildman–Crippen MR) is 115 cm³/mol. The molecule has 0 radical (unpaired) electrons. The Labute approximate surface area is 167 Å². The molecule has 1 aromatic heterocycles. The van der Waals surface area contributed by atoms with Gasteiger partial charge in [0.05, 0.1) is 17.4 Å². The molecule has 150 valence electrons. The highest BCUT2D eigenvalue weighted by Crippen LogP contribution is 2.23. The van der Waals surface area contributed by atoms with Crippen molar-refractivity contribution < 1.29 is 4.79 Å². The van der Waals surface area contributed by atoms with Gasteiger partial charge in [-0.1, -0.05) is 30.3 Å². The standard InChI is InChI=1S/C21H30N6O/c1-23-20-12-17(13-22)21(24-2)19(26-20)14-27(3)11-7-10-18(25-15-28)16-8-5-4-6-9-16/h4-6,8-9,12-13,15,18,22,24H,7,10-11,14H2,1-3H3,(H,23,26)(H,25,28). The van der Waals surface area contributed by atoms with Crippen molar-refractivity contribution in [1.82, 2.24) is 15.2 Å². The van der Waals surface area contributed by atoms with Crippen LogP contribution in [0.1, 0.15) is 35.7 Å². The van der Waals surface area contributed by atoms with Gasteiger partial charge in [-0.3, -0.25) is 4.79 Å². The predicted octanol–water partition coefficient (Wildman–Crippen LogP) is 2.86. The highest BCUT2D eigenvalue weighted by Gasteiger charge is 2.14. The summed E-state index contributed by atoms with van der Waals surface area (Å²) in [6.07, 6.45) is 3.91. The Morgan fingerprint density at radius 2 is 1.96 bits per heavy atom. The lowest BCUT2D eigenvalue weighted by atomic mass is 10.0. The minimum Gasteiger partial charge on any atom is -0.386 e. The van der Waals surface area contributed by atoms with E-state index in [1.807, 2.05) is 50.5 Å². The fourth-order valence-electron chi connectivity index (χ4n) is 3.28. The molecule has 1 aromatic carbocycles. The van der Waals surface area contributed by atoms with Crippen molar-refractivity contribution in [2.24, 2.45) is 0 Å². The zero-order valence-corrected chi connectivity index (χ0v) is 16.8. The molecule has 1 heterocycles. The molecule has 1 unspecified atom stereocenters. The molecule has 7 nitrogen and oxygen atoms in total. The van der Waals surface area contributed by atoms with Gasteiger partial charge in [0, 0.05) is 32.4 Å². The minimum absolute atomic E-state index is 0.0234. The van der Waals surface area contributed by atoms with Crippen molar-refractivity contribution in [1.29, 1.82) is 5.41 Å². The van der Waals surface area contributed by atoms with Crippen molar-refractivity contribution >= 4 is 24.1 Å². The van der Waals surface area contributed by atoms with Crippen LogP contribution < -0.4 is 16.0 Å². The number of carbonyl (C=O) groups excluding carboxylic acids is 1. The molecule has 0 saturated carbocycles. The zero-order chi connectivity index (χ0) is 20.4. The Balaban J connectivity index is 1.99. The summed E-state index contributed by atoms with van der Waals surface area (Å²) in [6.45, 7) is 1.54. The smallest absolute Gasteiger partial charge is 0.207 e. The lowest BCUT2D eigenvalue weighted by Crippen LogP contribution is -2.24. The number of aromatic nitrogens is 1. The van der Waals surface area contributed by atoms with Gasteiger partial charge in [0.15, 0.2) is 0 Å². The number of rotatable bonds is 12. The van der Waals surface area contributed by atoms with E-state index in [2.05, 4.69) is 32.9 Å². The third-order valence-corrected chi connectivity index (χ3v) is 4.71. The van der Waals surface area contributed by atoms with Gasteiger partial charge in [0.2, 0.25) is 6.41 Å². The molecule has 1 amide bonds. The highest BCUT2D eigenvalue weighted by atomic mass is 16.1. The van der Waals surface area contributed by atoms with Crippen LogP contribution in [0.2, 0.25) is 0 Å². The normalized spacial score (nSPS) is 11.7. The van der Waals surface area contributed by atoms with Crippen LogP contribution in [0.3, 0.4) is 0 Å². The SMILES string of the molecule is CNc1cc(C=N)c(NC)c(CN(C)CCCC(NC=O)c2ccccc2)n1. The quantitative estimate of drug-likeness (QED) is 0.335. The molecule has 0 aliphatic carbocycles. The Bertz CT molecular complexity index is 765. The second kappa shape index (κ2) is 11.0. The van der Waals surface area contributed by atoms with E-state index < -0.39 is 0 Å². The van der Waals surface area contributed by atoms with Crippen LogP contribution >= 0.6 is 0 Å². The van der Waals surface area contributed by atoms with E-state index in [-0.39, 0.29) is 6.04 Å². The van der Waals surface area contributed by atoms with Gasteiger partial charge in [0.1, 0.15) is 5.82 Å². The first-order chi connectivity index (χ1) is 13.6. The first-order valence-corrected chi connectivity index (χ1v) is 9.46. The van der Waals surface area contributed by atoms with E-state index >= 15 is 0 Å². The second-order valence-electron chi connectivity index (χ2n) is 6.69. The Kier molecular flexibility index (Phi) is 8.42. The fraction of sp³-hybridized carbons (Fsp3) is 0.381. The molecule has 0 fully saturated rings. The summed E-state index contributed by atoms with van der Waals surface area (Å²) in [6, 6.07) is 11.9. The maximum absolute atomic E-state index is 11.0. The number of nitrogens with one attached hydrogen (secondary N) is 4. The van der Waals surface area contributed by atoms with E-state index in [0.29, 0.717) is 6.54 Å². The monoisotopic (exact) mass is 382 g/mol. The number of pyridine rings is 1. The molecule has 0 spiro atoms. The van der Waals surface area contributed by atoms with Gasteiger partial charge in [-0.05, 0) is 38.1 Å². The maximum atomic E-state index is 11.0. The van der Waals surface area contributed by atoms with E-state index in [0.717, 1.165) is 54.1 Å². The number of hydrogen-bond donors (Lipinski definition) is 4. The summed E-state index contributed by atoms with van der Waals surface area (Å²) in [5.41, 5.74) is 3.71. The molecule has 0 aliphatic heterocycles. The van der Waals surface area contributed by atoms with Crippen LogP contribution in [0.25, 0.3) is 0 Å². The van der Waals surface area contributed by atoms with Crippen molar-refractivity contribution in [2.75, 3.05) is 38.3 Å². The average molecular weight is 383 g/mol. The summed E-state index contributed by atoms with van der Waals surface area (Å²) in [7, 11) is 5.73. The number of hydrogen-bond acceptors (Lipinski definition) is 6. The van der Waals surface area contributed by atoms with Gasteiger partial charge in [-0.25, -0.2) is 4.98 Å². The summed E-state index contributed by atoms with van der Waals surface area (Å²) < 4.78 is 0. The average Bonchev–Trinajstić information content (AvgIpc) is 2.73. The van der Waals surface area contributed by atoms with E-state index in [4.69, 9.17) is 5.41 Å². The van der Waals surface area contributed by atoms with Crippen molar-refractivity contribution in [3.63, 3.8) is 0 Å². The lowest BCUT2D eigenvalue weighted by Gasteiger charge is -2.22. The van der Waals surface area contributed by atoms with Crippen LogP contribution in [-0.4, -0.2) is 50.2 Å². The van der Waals surface area contributed by atoms with Crippen molar-refractivity contribution in [2.45, 2.75) is 25.4 Å². The molecule has 4 N–H and O–H groups in total. The molecule has 0 bridgehead atoms. The molecule has 2 rings (SSSR count). The molecular weight excluding hydrogens is 352 g/mol. The van der Waals surface area contributed by atoms with Gasteiger partial charge in [-0.2, -0.15) is 0 Å². The van der Waals surface area contributed by atoms with Gasteiger partial charge in [0.25, 0.3) is 0 Å². The molecule has 1 atom stereocenters. The van der Waals surface area contributed by atoms with Gasteiger partial charge in [-0.15, -0.1) is 0 Å². The highest BCUT2D eigenvalue weighted by molar-refractivity contribution is 5.87. The fourth-order valence-corrected chi connectivity index (χ4v) is 3.28. The topological polar surface area (TPSA) is 93.1 Å². The first-order valence-electron chi connectivity index (χ1n) is 9.46. The number of anilines is 2. The summed E-state index contributed by atoms with van der Waals surface area (Å²) in [5.74, 6) is 0.750. The number of amides is 1. The molecular formula is C21H30N6O. The van der Waals surface area contributed by atoms with Gasteiger partial charge < -0.3 is 26.3 Å². The number of benzene rings is 1. The maximum Gasteiger partial charge on any atom is 0.207 e. The van der Waals surface area contributed by atoms with Crippen LogP contribution in [-0.2, 0) is 11.3 Å². The third-order valence-electron chi connectivity index (χ3n) is 4.71. The molecule has 7 heteroatoms. The second-order valence-corrected chi connectivity index (χ2v) is 6.69. The number of carbonyl (C=O) groups is 1. The Morgan fingerprint density at radius 1 is 1.21 bits per heavy atom. The first kappa shape index (κ1) is 21.4. The molecule has 0 aliphatic rings. The zero-order valence-electron chi connectivity index (χ0n) is 16.8. The van der Waals surface area contributed by atoms with Crippen LogP contribution in [0.4, 0.5) is 11.5 Å². The molecule has 0 saturated heterocycles. The lowest BCUT2D eigenvalue weighted by molar-refractivity contribution is -0.110. The minimum atomic E-state index is 0.0234. The van der Waals surface area contributed by atoms with Crippen LogP contribution in [0.15, 0.2) is 36.4 Å². The van der Waals surface area contributed by atoms with Gasteiger partial charge >= 0.3 is 0 Å². The molecule has 2 aromatic rings.